The molecule has 2 unspecified atom stereocenters. The molecule has 7 nitrogen and oxygen atoms in total. The number of amides is 2. The Bertz CT molecular complexity index is 363. The average molecular weight is 290 g/mol. The summed E-state index contributed by atoms with van der Waals surface area (Å²) in [5.74, 6) is -2.17. The van der Waals surface area contributed by atoms with Gasteiger partial charge < -0.3 is 20.1 Å². The summed E-state index contributed by atoms with van der Waals surface area (Å²) in [6.07, 6.45) is 0.106. The van der Waals surface area contributed by atoms with Crippen molar-refractivity contribution in [1.82, 2.24) is 10.2 Å². The third kappa shape index (κ3) is 4.39. The van der Waals surface area contributed by atoms with Crippen molar-refractivity contribution in [1.29, 1.82) is 0 Å². The van der Waals surface area contributed by atoms with Crippen molar-refractivity contribution >= 4 is 30.4 Å². The summed E-state index contributed by atoms with van der Waals surface area (Å²) in [7, 11) is 1.54. The predicted octanol–water partition coefficient (Wildman–Crippen LogP) is -1.02. The van der Waals surface area contributed by atoms with E-state index in [0.717, 1.165) is 0 Å². The molecule has 1 fully saturated rings. The number of carbonyl (C=O) groups is 3. The number of hydrogen-bond donors (Lipinski definition) is 3. The lowest BCUT2D eigenvalue weighted by Gasteiger charge is -2.17. The molecule has 2 atom stereocenters. The van der Waals surface area contributed by atoms with Gasteiger partial charge in [0.05, 0.1) is 12.5 Å². The molecule has 0 aromatic rings. The number of likely N-dealkylation sites (tertiary alicyclic amines) is 1. The normalized spacial score (nSPS) is 20.4. The molecule has 2 amide bonds. The number of carboxylic acid groups (broad SMARTS) is 1. The summed E-state index contributed by atoms with van der Waals surface area (Å²) in [5, 5.41) is 11.2. The molecule has 1 rings (SSSR count). The fourth-order valence-corrected chi connectivity index (χ4v) is 2.09. The number of methoxy groups -OCH3 is 1. The van der Waals surface area contributed by atoms with Crippen LogP contribution in [0.1, 0.15) is 6.42 Å². The Morgan fingerprint density at radius 2 is 2.32 bits per heavy atom. The molecule has 1 heterocycles. The standard InChI is InChI=1S/C11H18N2O5S/c1-18-3-2-13-5-7(4-9(13)14)10(15)12-8(6-19)11(16)17/h7-8,19H,2-6H2,1H3,(H,12,15)(H,16,17). The first-order chi connectivity index (χ1) is 8.99. The summed E-state index contributed by atoms with van der Waals surface area (Å²) in [6, 6.07) is -1.03. The van der Waals surface area contributed by atoms with Crippen molar-refractivity contribution in [3.63, 3.8) is 0 Å². The van der Waals surface area contributed by atoms with Crippen molar-refractivity contribution in [3.05, 3.63) is 0 Å². The Hall–Kier alpha value is -1.28. The molecule has 0 saturated carbocycles. The fraction of sp³-hybridized carbons (Fsp3) is 0.727. The van der Waals surface area contributed by atoms with Crippen molar-refractivity contribution < 1.29 is 24.2 Å². The van der Waals surface area contributed by atoms with Crippen LogP contribution in [0.25, 0.3) is 0 Å². The molecule has 1 aliphatic rings. The van der Waals surface area contributed by atoms with Gasteiger partial charge in [0.25, 0.3) is 0 Å². The molecule has 2 N–H and O–H groups in total. The van der Waals surface area contributed by atoms with Crippen LogP contribution >= 0.6 is 12.6 Å². The Balaban J connectivity index is 2.51. The van der Waals surface area contributed by atoms with Crippen LogP contribution in [0.4, 0.5) is 0 Å². The molecule has 108 valence electrons. The van der Waals surface area contributed by atoms with E-state index in [1.54, 1.807) is 4.90 Å². The van der Waals surface area contributed by atoms with E-state index in [9.17, 15) is 14.4 Å². The smallest absolute Gasteiger partial charge is 0.327 e. The largest absolute Gasteiger partial charge is 0.480 e. The SMILES string of the molecule is COCCN1CC(C(=O)NC(CS)C(=O)O)CC1=O. The zero-order valence-electron chi connectivity index (χ0n) is 10.7. The second-order valence-electron chi connectivity index (χ2n) is 4.32. The zero-order chi connectivity index (χ0) is 14.4. The monoisotopic (exact) mass is 290 g/mol. The quantitative estimate of drug-likeness (QED) is 0.522. The third-order valence-electron chi connectivity index (χ3n) is 2.95. The summed E-state index contributed by atoms with van der Waals surface area (Å²) < 4.78 is 4.88. The average Bonchev–Trinajstić information content (AvgIpc) is 2.74. The first-order valence-corrected chi connectivity index (χ1v) is 6.53. The number of aliphatic carboxylic acids is 1. The molecule has 0 spiro atoms. The van der Waals surface area contributed by atoms with E-state index < -0.39 is 23.8 Å². The fourth-order valence-electron chi connectivity index (χ4n) is 1.84. The van der Waals surface area contributed by atoms with Gasteiger partial charge in [-0.3, -0.25) is 9.59 Å². The summed E-state index contributed by atoms with van der Waals surface area (Å²) in [6.45, 7) is 1.15. The summed E-state index contributed by atoms with van der Waals surface area (Å²) >= 11 is 3.86. The maximum atomic E-state index is 11.9. The molecule has 0 aliphatic carbocycles. The molecule has 1 saturated heterocycles. The third-order valence-corrected chi connectivity index (χ3v) is 3.31. The number of nitrogens with one attached hydrogen (secondary N) is 1. The number of rotatable bonds is 7. The molecule has 19 heavy (non-hydrogen) atoms. The highest BCUT2D eigenvalue weighted by Crippen LogP contribution is 2.17. The Morgan fingerprint density at radius 1 is 1.63 bits per heavy atom. The number of carbonyl (C=O) groups excluding carboxylic acids is 2. The summed E-state index contributed by atoms with van der Waals surface area (Å²) in [5.41, 5.74) is 0. The van der Waals surface area contributed by atoms with Crippen LogP contribution in [0.5, 0.6) is 0 Å². The van der Waals surface area contributed by atoms with Crippen LogP contribution < -0.4 is 5.32 Å². The predicted molar refractivity (Wildman–Crippen MR) is 70.0 cm³/mol. The van der Waals surface area contributed by atoms with Crippen molar-refractivity contribution in [2.75, 3.05) is 32.6 Å². The number of ether oxygens (including phenoxy) is 1. The second-order valence-corrected chi connectivity index (χ2v) is 4.68. The lowest BCUT2D eigenvalue weighted by atomic mass is 10.1. The van der Waals surface area contributed by atoms with E-state index in [1.807, 2.05) is 0 Å². The highest BCUT2D eigenvalue weighted by atomic mass is 32.1. The van der Waals surface area contributed by atoms with Crippen LogP contribution in [-0.2, 0) is 19.1 Å². The first-order valence-electron chi connectivity index (χ1n) is 5.90. The minimum absolute atomic E-state index is 0.00906. The zero-order valence-corrected chi connectivity index (χ0v) is 11.6. The maximum Gasteiger partial charge on any atom is 0.327 e. The lowest BCUT2D eigenvalue weighted by molar-refractivity contribution is -0.141. The van der Waals surface area contributed by atoms with E-state index in [2.05, 4.69) is 17.9 Å². The molecule has 8 heteroatoms. The van der Waals surface area contributed by atoms with Crippen LogP contribution in [0.15, 0.2) is 0 Å². The van der Waals surface area contributed by atoms with Crippen molar-refractivity contribution in [3.8, 4) is 0 Å². The Morgan fingerprint density at radius 3 is 2.84 bits per heavy atom. The molecule has 0 radical (unpaired) electrons. The van der Waals surface area contributed by atoms with Gasteiger partial charge in [-0.1, -0.05) is 0 Å². The number of hydrogen-bond acceptors (Lipinski definition) is 5. The van der Waals surface area contributed by atoms with Crippen molar-refractivity contribution in [2.45, 2.75) is 12.5 Å². The van der Waals surface area contributed by atoms with Crippen LogP contribution in [0, 0.1) is 5.92 Å². The second kappa shape index (κ2) is 7.34. The number of thiol groups is 1. The molecular weight excluding hydrogens is 272 g/mol. The Kier molecular flexibility index (Phi) is 6.10. The minimum atomic E-state index is -1.14. The molecule has 0 bridgehead atoms. The number of carboxylic acids is 1. The molecular formula is C11H18N2O5S. The molecule has 0 aromatic carbocycles. The van der Waals surface area contributed by atoms with Gasteiger partial charge >= 0.3 is 5.97 Å². The van der Waals surface area contributed by atoms with Crippen LogP contribution in [0.3, 0.4) is 0 Å². The van der Waals surface area contributed by atoms with E-state index in [1.165, 1.54) is 7.11 Å². The highest BCUT2D eigenvalue weighted by Gasteiger charge is 2.35. The van der Waals surface area contributed by atoms with Gasteiger partial charge in [-0.2, -0.15) is 12.6 Å². The van der Waals surface area contributed by atoms with E-state index in [0.29, 0.717) is 19.7 Å². The summed E-state index contributed by atoms with van der Waals surface area (Å²) in [4.78, 5) is 35.8. The minimum Gasteiger partial charge on any atom is -0.480 e. The topological polar surface area (TPSA) is 95.9 Å². The van der Waals surface area contributed by atoms with E-state index in [-0.39, 0.29) is 18.1 Å². The van der Waals surface area contributed by atoms with Crippen molar-refractivity contribution in [2.24, 2.45) is 5.92 Å². The van der Waals surface area contributed by atoms with E-state index >= 15 is 0 Å². The number of nitrogens with zero attached hydrogens (tertiary/aromatic N) is 1. The Labute approximate surface area is 116 Å². The van der Waals surface area contributed by atoms with E-state index in [4.69, 9.17) is 9.84 Å². The van der Waals surface area contributed by atoms with Crippen LogP contribution in [0.2, 0.25) is 0 Å². The first kappa shape index (κ1) is 15.8. The molecule has 1 aliphatic heterocycles. The highest BCUT2D eigenvalue weighted by molar-refractivity contribution is 7.80. The van der Waals surface area contributed by atoms with Gasteiger partial charge in [0.2, 0.25) is 11.8 Å². The van der Waals surface area contributed by atoms with Gasteiger partial charge in [0, 0.05) is 32.4 Å². The lowest BCUT2D eigenvalue weighted by Crippen LogP contribution is -2.45. The van der Waals surface area contributed by atoms with Gasteiger partial charge in [-0.15, -0.1) is 0 Å². The van der Waals surface area contributed by atoms with Gasteiger partial charge in [-0.25, -0.2) is 4.79 Å². The molecule has 0 aromatic heterocycles. The van der Waals surface area contributed by atoms with Gasteiger partial charge in [-0.05, 0) is 0 Å². The maximum absolute atomic E-state index is 11.9. The van der Waals surface area contributed by atoms with Gasteiger partial charge in [0.1, 0.15) is 6.04 Å². The van der Waals surface area contributed by atoms with Gasteiger partial charge in [0.15, 0.2) is 0 Å². The van der Waals surface area contributed by atoms with Crippen LogP contribution in [-0.4, -0.2) is 66.4 Å².